The number of thiocarbonyl (C=S) groups is 1. The normalized spacial score (nSPS) is 17.6. The predicted molar refractivity (Wildman–Crippen MR) is 97.3 cm³/mol. The Morgan fingerprint density at radius 2 is 2.10 bits per heavy atom. The Kier molecular flexibility index (Phi) is 5.48. The summed E-state index contributed by atoms with van der Waals surface area (Å²) in [7, 11) is 0. The second-order valence-corrected chi connectivity index (χ2v) is 7.77. The summed E-state index contributed by atoms with van der Waals surface area (Å²) in [5.41, 5.74) is 6.40. The molecule has 3 nitrogen and oxygen atoms in total. The molecule has 0 aliphatic carbocycles. The number of piperidine rings is 1. The number of nitrogens with two attached hydrogens (primary N) is 1. The van der Waals surface area contributed by atoms with Gasteiger partial charge in [0, 0.05) is 16.7 Å². The van der Waals surface area contributed by atoms with E-state index in [2.05, 4.69) is 0 Å². The van der Waals surface area contributed by atoms with Crippen molar-refractivity contribution in [3.05, 3.63) is 33.1 Å². The third-order valence-corrected chi connectivity index (χ3v) is 6.68. The highest BCUT2D eigenvalue weighted by Crippen LogP contribution is 2.35. The van der Waals surface area contributed by atoms with Crippen LogP contribution in [0.3, 0.4) is 0 Å². The van der Waals surface area contributed by atoms with E-state index in [0.717, 1.165) is 12.8 Å². The first-order chi connectivity index (χ1) is 9.89. The molecule has 2 N–H and O–H groups in total. The maximum absolute atomic E-state index is 13.1. The van der Waals surface area contributed by atoms with Crippen LogP contribution in [0.5, 0.6) is 0 Å². The molecule has 0 atom stereocenters. The van der Waals surface area contributed by atoms with E-state index in [1.807, 2.05) is 28.8 Å². The SMILES string of the molecule is CSC1(C(N)=S)CCN(C(=O)c2ccc(F)cc2I)CC1. The summed E-state index contributed by atoms with van der Waals surface area (Å²) in [6, 6.07) is 4.24. The van der Waals surface area contributed by atoms with Crippen molar-refractivity contribution in [2.75, 3.05) is 19.3 Å². The van der Waals surface area contributed by atoms with E-state index in [9.17, 15) is 9.18 Å². The lowest BCUT2D eigenvalue weighted by molar-refractivity contribution is 0.0717. The predicted octanol–water partition coefficient (Wildman–Crippen LogP) is 3.05. The third-order valence-electron chi connectivity index (χ3n) is 3.86. The highest BCUT2D eigenvalue weighted by atomic mass is 127. The maximum Gasteiger partial charge on any atom is 0.254 e. The molecule has 114 valence electrons. The number of carbonyl (C=O) groups excluding carboxylic acids is 1. The zero-order chi connectivity index (χ0) is 15.6. The summed E-state index contributed by atoms with van der Waals surface area (Å²) in [5.74, 6) is -0.387. The van der Waals surface area contributed by atoms with E-state index in [1.54, 1.807) is 22.7 Å². The Labute approximate surface area is 147 Å². The van der Waals surface area contributed by atoms with Crippen molar-refractivity contribution >= 4 is 57.5 Å². The molecule has 7 heteroatoms. The van der Waals surface area contributed by atoms with Gasteiger partial charge < -0.3 is 10.6 Å². The van der Waals surface area contributed by atoms with E-state index in [0.29, 0.717) is 27.2 Å². The van der Waals surface area contributed by atoms with Crippen LogP contribution in [0.2, 0.25) is 0 Å². The van der Waals surface area contributed by atoms with Crippen molar-refractivity contribution in [2.24, 2.45) is 5.73 Å². The van der Waals surface area contributed by atoms with Crippen LogP contribution < -0.4 is 5.73 Å². The van der Waals surface area contributed by atoms with Gasteiger partial charge in [-0.05, 0) is 59.9 Å². The summed E-state index contributed by atoms with van der Waals surface area (Å²) < 4.78 is 13.6. The summed E-state index contributed by atoms with van der Waals surface area (Å²) in [6.45, 7) is 1.23. The van der Waals surface area contributed by atoms with E-state index in [-0.39, 0.29) is 16.5 Å². The quantitative estimate of drug-likeness (QED) is 0.582. The highest BCUT2D eigenvalue weighted by molar-refractivity contribution is 14.1. The Hall–Kier alpha value is -0.410. The van der Waals surface area contributed by atoms with Gasteiger partial charge in [-0.1, -0.05) is 12.2 Å². The van der Waals surface area contributed by atoms with Gasteiger partial charge >= 0.3 is 0 Å². The third kappa shape index (κ3) is 3.50. The van der Waals surface area contributed by atoms with Crippen molar-refractivity contribution in [3.63, 3.8) is 0 Å². The molecule has 0 aromatic heterocycles. The molecular formula is C14H16FIN2OS2. The van der Waals surface area contributed by atoms with Crippen LogP contribution in [0.1, 0.15) is 23.2 Å². The molecule has 1 aromatic carbocycles. The first-order valence-electron chi connectivity index (χ1n) is 6.49. The highest BCUT2D eigenvalue weighted by Gasteiger charge is 2.38. The van der Waals surface area contributed by atoms with E-state index in [4.69, 9.17) is 18.0 Å². The van der Waals surface area contributed by atoms with Crippen molar-refractivity contribution in [3.8, 4) is 0 Å². The van der Waals surface area contributed by atoms with Gasteiger partial charge in [0.15, 0.2) is 0 Å². The Morgan fingerprint density at radius 1 is 1.48 bits per heavy atom. The maximum atomic E-state index is 13.1. The van der Waals surface area contributed by atoms with E-state index >= 15 is 0 Å². The van der Waals surface area contributed by atoms with Gasteiger partial charge in [0.2, 0.25) is 0 Å². The molecule has 0 spiro atoms. The molecule has 1 saturated heterocycles. The van der Waals surface area contributed by atoms with Crippen LogP contribution in [0.15, 0.2) is 18.2 Å². The molecule has 0 radical (unpaired) electrons. The van der Waals surface area contributed by atoms with Crippen LogP contribution >= 0.6 is 46.6 Å². The summed E-state index contributed by atoms with van der Waals surface area (Å²) in [6.07, 6.45) is 3.51. The van der Waals surface area contributed by atoms with Crippen molar-refractivity contribution in [2.45, 2.75) is 17.6 Å². The van der Waals surface area contributed by atoms with Gasteiger partial charge in [0.05, 0.1) is 15.3 Å². The van der Waals surface area contributed by atoms with Gasteiger partial charge in [-0.25, -0.2) is 4.39 Å². The molecule has 1 aromatic rings. The van der Waals surface area contributed by atoms with Gasteiger partial charge in [-0.2, -0.15) is 11.8 Å². The molecule has 1 aliphatic rings. The molecule has 1 aliphatic heterocycles. The summed E-state index contributed by atoms with van der Waals surface area (Å²) >= 11 is 8.82. The van der Waals surface area contributed by atoms with Crippen LogP contribution in [-0.2, 0) is 0 Å². The second-order valence-electron chi connectivity index (χ2n) is 4.98. The number of rotatable bonds is 3. The van der Waals surface area contributed by atoms with Gasteiger partial charge in [-0.15, -0.1) is 0 Å². The number of hydrogen-bond acceptors (Lipinski definition) is 3. The molecule has 21 heavy (non-hydrogen) atoms. The minimum atomic E-state index is -0.329. The molecule has 0 saturated carbocycles. The number of carbonyl (C=O) groups is 1. The number of nitrogens with zero attached hydrogens (tertiary/aromatic N) is 1. The van der Waals surface area contributed by atoms with Crippen LogP contribution in [0, 0.1) is 9.39 Å². The molecule has 0 unspecified atom stereocenters. The van der Waals surface area contributed by atoms with Crippen LogP contribution in [0.25, 0.3) is 0 Å². The monoisotopic (exact) mass is 438 g/mol. The first kappa shape index (κ1) is 17.0. The largest absolute Gasteiger partial charge is 0.392 e. The Balaban J connectivity index is 2.12. The molecule has 2 rings (SSSR count). The molecule has 0 bridgehead atoms. The fourth-order valence-electron chi connectivity index (χ4n) is 2.46. The van der Waals surface area contributed by atoms with Crippen LogP contribution in [-0.4, -0.2) is 39.9 Å². The standard InChI is InChI=1S/C14H16FIN2OS2/c1-21-14(13(17)20)4-6-18(7-5-14)12(19)10-3-2-9(15)8-11(10)16/h2-3,8H,4-7H2,1H3,(H2,17,20). The Bertz CT molecular complexity index is 574. The van der Waals surface area contributed by atoms with Crippen molar-refractivity contribution < 1.29 is 9.18 Å². The number of halogens is 2. The lowest BCUT2D eigenvalue weighted by atomic mass is 9.95. The molecular weight excluding hydrogens is 422 g/mol. The molecule has 1 fully saturated rings. The Morgan fingerprint density at radius 3 is 2.57 bits per heavy atom. The van der Waals surface area contributed by atoms with Gasteiger partial charge in [0.25, 0.3) is 5.91 Å². The van der Waals surface area contributed by atoms with Gasteiger partial charge in [0.1, 0.15) is 5.82 Å². The summed E-state index contributed by atoms with van der Waals surface area (Å²) in [5, 5.41) is 0. The lowest BCUT2D eigenvalue weighted by Gasteiger charge is -2.40. The number of benzene rings is 1. The fourth-order valence-corrected chi connectivity index (χ4v) is 4.41. The topological polar surface area (TPSA) is 46.3 Å². The average Bonchev–Trinajstić information content (AvgIpc) is 2.46. The molecule has 1 amide bonds. The fraction of sp³-hybridized carbons (Fsp3) is 0.429. The first-order valence-corrected chi connectivity index (χ1v) is 9.20. The summed E-state index contributed by atoms with van der Waals surface area (Å²) in [4.78, 5) is 14.8. The number of amides is 1. The van der Waals surface area contributed by atoms with E-state index < -0.39 is 0 Å². The number of likely N-dealkylation sites (tertiary alicyclic amines) is 1. The minimum Gasteiger partial charge on any atom is -0.392 e. The smallest absolute Gasteiger partial charge is 0.254 e. The number of hydrogen-bond donors (Lipinski definition) is 1. The molecule has 1 heterocycles. The lowest BCUT2D eigenvalue weighted by Crippen LogP contribution is -2.50. The zero-order valence-electron chi connectivity index (χ0n) is 11.6. The van der Waals surface area contributed by atoms with Crippen molar-refractivity contribution in [1.29, 1.82) is 0 Å². The van der Waals surface area contributed by atoms with E-state index in [1.165, 1.54) is 12.1 Å². The van der Waals surface area contributed by atoms with Gasteiger partial charge in [-0.3, -0.25) is 4.79 Å². The second kappa shape index (κ2) is 6.78. The minimum absolute atomic E-state index is 0.0583. The average molecular weight is 438 g/mol. The number of thioether (sulfide) groups is 1. The van der Waals surface area contributed by atoms with Crippen molar-refractivity contribution in [1.82, 2.24) is 4.90 Å². The zero-order valence-corrected chi connectivity index (χ0v) is 15.4. The van der Waals surface area contributed by atoms with Crippen LogP contribution in [0.4, 0.5) is 4.39 Å².